The van der Waals surface area contributed by atoms with Crippen molar-refractivity contribution in [3.05, 3.63) is 36.3 Å². The Balaban J connectivity index is 1.76. The van der Waals surface area contributed by atoms with Gasteiger partial charge in [0.05, 0.1) is 47.7 Å². The van der Waals surface area contributed by atoms with E-state index in [-0.39, 0.29) is 17.6 Å². The summed E-state index contributed by atoms with van der Waals surface area (Å²) in [6.45, 7) is 11.9. The Labute approximate surface area is 183 Å². The number of rotatable bonds is 3. The minimum atomic E-state index is -0.131. The number of hydrogen-bond donors (Lipinski definition) is 2. The lowest BCUT2D eigenvalue weighted by molar-refractivity contribution is 0.0986. The maximum atomic E-state index is 5.68. The molecule has 0 amide bonds. The highest BCUT2D eigenvalue weighted by Gasteiger charge is 2.27. The highest BCUT2D eigenvalue weighted by molar-refractivity contribution is 5.96. The second-order valence-electron chi connectivity index (χ2n) is 9.45. The van der Waals surface area contributed by atoms with E-state index in [0.717, 1.165) is 53.2 Å². The molecule has 1 unspecified atom stereocenters. The van der Waals surface area contributed by atoms with Crippen molar-refractivity contribution in [1.82, 2.24) is 30.6 Å². The third-order valence-corrected chi connectivity index (χ3v) is 6.12. The van der Waals surface area contributed by atoms with Gasteiger partial charge in [-0.05, 0) is 52.3 Å². The number of anilines is 1. The second-order valence-corrected chi connectivity index (χ2v) is 9.45. The van der Waals surface area contributed by atoms with Crippen LogP contribution in [-0.2, 0) is 10.3 Å². The Hall–Kier alpha value is -2.55. The monoisotopic (exact) mass is 421 g/mol. The summed E-state index contributed by atoms with van der Waals surface area (Å²) in [4.78, 5) is 12.3. The molecule has 0 bridgehead atoms. The van der Waals surface area contributed by atoms with Crippen LogP contribution in [0.2, 0.25) is 0 Å². The lowest BCUT2D eigenvalue weighted by Crippen LogP contribution is -2.44. The quantitative estimate of drug-likeness (QED) is 0.673. The van der Waals surface area contributed by atoms with Crippen LogP contribution >= 0.6 is 0 Å². The number of hydrogen-bond acceptors (Lipinski definition) is 7. The zero-order valence-electron chi connectivity index (χ0n) is 18.7. The number of nitrogens with one attached hydrogen (secondary N) is 2. The molecule has 0 spiro atoms. The molecule has 2 aliphatic heterocycles. The molecule has 8 nitrogen and oxygen atoms in total. The van der Waals surface area contributed by atoms with Crippen molar-refractivity contribution in [1.29, 1.82) is 0 Å². The molecular formula is C23H31N7O. The van der Waals surface area contributed by atoms with Crippen molar-refractivity contribution in [2.45, 2.75) is 51.7 Å². The normalized spacial score (nSPS) is 22.4. The van der Waals surface area contributed by atoms with Crippen molar-refractivity contribution in [3.8, 4) is 11.3 Å². The lowest BCUT2D eigenvalue weighted by atomic mass is 10.0. The van der Waals surface area contributed by atoms with Crippen molar-refractivity contribution >= 4 is 16.7 Å². The van der Waals surface area contributed by atoms with Gasteiger partial charge in [0.15, 0.2) is 0 Å². The van der Waals surface area contributed by atoms with Gasteiger partial charge in [-0.3, -0.25) is 15.1 Å². The number of pyridine rings is 2. The molecule has 164 valence electrons. The molecule has 0 saturated carbocycles. The van der Waals surface area contributed by atoms with Gasteiger partial charge < -0.3 is 9.64 Å². The van der Waals surface area contributed by atoms with Crippen LogP contribution in [-0.4, -0.2) is 52.1 Å². The van der Waals surface area contributed by atoms with Crippen LogP contribution in [0.5, 0.6) is 0 Å². The number of aromatic nitrogens is 4. The third kappa shape index (κ3) is 3.69. The summed E-state index contributed by atoms with van der Waals surface area (Å²) in [5.74, 6) is 0.972. The summed E-state index contributed by atoms with van der Waals surface area (Å²) in [5.41, 5.74) is 10.6. The van der Waals surface area contributed by atoms with E-state index >= 15 is 0 Å². The van der Waals surface area contributed by atoms with Crippen molar-refractivity contribution in [3.63, 3.8) is 0 Å². The average Bonchev–Trinajstić information content (AvgIpc) is 3.45. The van der Waals surface area contributed by atoms with Gasteiger partial charge in [0.1, 0.15) is 5.82 Å². The second kappa shape index (κ2) is 7.85. The molecule has 5 heterocycles. The summed E-state index contributed by atoms with van der Waals surface area (Å²) in [5, 5.41) is 5.76. The minimum absolute atomic E-state index is 0.131. The molecule has 0 radical (unpaired) electrons. The average molecular weight is 422 g/mol. The predicted octanol–water partition coefficient (Wildman–Crippen LogP) is 3.01. The van der Waals surface area contributed by atoms with Crippen LogP contribution in [0.4, 0.5) is 5.82 Å². The van der Waals surface area contributed by atoms with E-state index in [9.17, 15) is 0 Å². The molecule has 0 aromatic carbocycles. The van der Waals surface area contributed by atoms with Gasteiger partial charge in [-0.2, -0.15) is 5.10 Å². The SMILES string of the molecule is C[C@@H]1COCCN1c1cc(-c2ccnn2C(C)(C)C)c2ccnc(C3CCNN3)c2n1. The Morgan fingerprint density at radius 2 is 2.06 bits per heavy atom. The fourth-order valence-electron chi connectivity index (χ4n) is 4.57. The van der Waals surface area contributed by atoms with E-state index < -0.39 is 0 Å². The first kappa shape index (κ1) is 20.4. The van der Waals surface area contributed by atoms with Crippen molar-refractivity contribution in [2.24, 2.45) is 0 Å². The molecule has 31 heavy (non-hydrogen) atoms. The Kier molecular flexibility index (Phi) is 5.16. The summed E-state index contributed by atoms with van der Waals surface area (Å²) in [6, 6.07) is 6.81. The van der Waals surface area contributed by atoms with E-state index in [1.165, 1.54) is 0 Å². The van der Waals surface area contributed by atoms with E-state index in [0.29, 0.717) is 13.2 Å². The summed E-state index contributed by atoms with van der Waals surface area (Å²) >= 11 is 0. The number of hydrazine groups is 1. The van der Waals surface area contributed by atoms with Gasteiger partial charge in [-0.25, -0.2) is 10.4 Å². The fraction of sp³-hybridized carbons (Fsp3) is 0.522. The highest BCUT2D eigenvalue weighted by Crippen LogP contribution is 2.36. The van der Waals surface area contributed by atoms with E-state index in [4.69, 9.17) is 14.7 Å². The molecule has 3 aromatic heterocycles. The van der Waals surface area contributed by atoms with Gasteiger partial charge in [0, 0.05) is 36.4 Å². The van der Waals surface area contributed by atoms with E-state index in [1.807, 2.05) is 12.4 Å². The van der Waals surface area contributed by atoms with Crippen LogP contribution in [0.25, 0.3) is 22.2 Å². The zero-order chi connectivity index (χ0) is 21.6. The maximum absolute atomic E-state index is 5.68. The summed E-state index contributed by atoms with van der Waals surface area (Å²) in [7, 11) is 0. The third-order valence-electron chi connectivity index (χ3n) is 6.12. The molecule has 2 fully saturated rings. The number of ether oxygens (including phenoxy) is 1. The van der Waals surface area contributed by atoms with E-state index in [1.54, 1.807) is 0 Å². The molecular weight excluding hydrogens is 390 g/mol. The van der Waals surface area contributed by atoms with Crippen LogP contribution in [0.3, 0.4) is 0 Å². The topological polar surface area (TPSA) is 80.1 Å². The first-order valence-electron chi connectivity index (χ1n) is 11.1. The molecule has 8 heteroatoms. The first-order chi connectivity index (χ1) is 14.9. The Morgan fingerprint density at radius 3 is 2.81 bits per heavy atom. The van der Waals surface area contributed by atoms with Crippen molar-refractivity contribution in [2.75, 3.05) is 31.2 Å². The zero-order valence-corrected chi connectivity index (χ0v) is 18.7. The molecule has 3 aromatic rings. The van der Waals surface area contributed by atoms with Crippen LogP contribution in [0.15, 0.2) is 30.6 Å². The number of morpholine rings is 1. The van der Waals surface area contributed by atoms with E-state index in [2.05, 4.69) is 71.4 Å². The number of fused-ring (bicyclic) bond motifs is 1. The highest BCUT2D eigenvalue weighted by atomic mass is 16.5. The minimum Gasteiger partial charge on any atom is -0.377 e. The maximum Gasteiger partial charge on any atom is 0.130 e. The summed E-state index contributed by atoms with van der Waals surface area (Å²) < 4.78 is 7.78. The first-order valence-corrected chi connectivity index (χ1v) is 11.1. The predicted molar refractivity (Wildman–Crippen MR) is 122 cm³/mol. The number of nitrogens with zero attached hydrogens (tertiary/aromatic N) is 5. The summed E-state index contributed by atoms with van der Waals surface area (Å²) in [6.07, 6.45) is 4.77. The molecule has 2 aliphatic rings. The van der Waals surface area contributed by atoms with Crippen LogP contribution in [0.1, 0.15) is 45.9 Å². The van der Waals surface area contributed by atoms with Gasteiger partial charge in [0.25, 0.3) is 0 Å². The molecule has 0 aliphatic carbocycles. The van der Waals surface area contributed by atoms with Crippen LogP contribution in [0, 0.1) is 0 Å². The van der Waals surface area contributed by atoms with Gasteiger partial charge in [-0.15, -0.1) is 0 Å². The molecule has 5 rings (SSSR count). The molecule has 2 N–H and O–H groups in total. The van der Waals surface area contributed by atoms with Crippen LogP contribution < -0.4 is 15.8 Å². The molecule has 2 saturated heterocycles. The van der Waals surface area contributed by atoms with Gasteiger partial charge >= 0.3 is 0 Å². The van der Waals surface area contributed by atoms with Crippen molar-refractivity contribution < 1.29 is 4.74 Å². The van der Waals surface area contributed by atoms with Gasteiger partial charge in [0.2, 0.25) is 0 Å². The molecule has 2 atom stereocenters. The largest absolute Gasteiger partial charge is 0.377 e. The smallest absolute Gasteiger partial charge is 0.130 e. The lowest BCUT2D eigenvalue weighted by Gasteiger charge is -2.35. The Bertz CT molecular complexity index is 1080. The standard InChI is InChI=1S/C23H31N7O/c1-15-14-31-12-11-29(15)20-13-17(19-7-10-26-30(19)23(2,3)4)16-5-8-24-22(21(16)27-20)18-6-9-25-28-18/h5,7-8,10,13,15,18,25,28H,6,9,11-12,14H2,1-4H3/t15-,18?/m1/s1. The Morgan fingerprint density at radius 1 is 1.19 bits per heavy atom. The van der Waals surface area contributed by atoms with Gasteiger partial charge in [-0.1, -0.05) is 0 Å². The fourth-order valence-corrected chi connectivity index (χ4v) is 4.57.